The van der Waals surface area contributed by atoms with Gasteiger partial charge in [-0.2, -0.15) is 5.10 Å². The molecule has 2 fully saturated rings. The Hall–Kier alpha value is -2.76. The van der Waals surface area contributed by atoms with E-state index >= 15 is 0 Å². The van der Waals surface area contributed by atoms with E-state index in [1.54, 1.807) is 0 Å². The van der Waals surface area contributed by atoms with Gasteiger partial charge in [0.25, 0.3) is 0 Å². The lowest BCUT2D eigenvalue weighted by Gasteiger charge is -2.48. The van der Waals surface area contributed by atoms with Gasteiger partial charge in [-0.3, -0.25) is 9.69 Å². The van der Waals surface area contributed by atoms with E-state index in [-0.39, 0.29) is 11.7 Å². The quantitative estimate of drug-likeness (QED) is 0.581. The van der Waals surface area contributed by atoms with E-state index in [2.05, 4.69) is 46.4 Å². The molecule has 2 saturated heterocycles. The molecule has 2 aliphatic rings. The van der Waals surface area contributed by atoms with Crippen LogP contribution in [0.2, 0.25) is 0 Å². The van der Waals surface area contributed by atoms with E-state index in [1.807, 2.05) is 42.8 Å². The van der Waals surface area contributed by atoms with Gasteiger partial charge in [-0.15, -0.1) is 0 Å². The number of morpholine rings is 1. The minimum Gasteiger partial charge on any atom is -0.378 e. The van der Waals surface area contributed by atoms with E-state index in [9.17, 15) is 4.79 Å². The summed E-state index contributed by atoms with van der Waals surface area (Å²) in [7, 11) is 0. The molecule has 5 rings (SSSR count). The fourth-order valence-electron chi connectivity index (χ4n) is 5.17. The molecular formula is C26H29N3O2. The van der Waals surface area contributed by atoms with Gasteiger partial charge in [0.15, 0.2) is 5.78 Å². The Bertz CT molecular complexity index is 1060. The van der Waals surface area contributed by atoms with Gasteiger partial charge in [0.1, 0.15) is 0 Å². The summed E-state index contributed by atoms with van der Waals surface area (Å²) in [6, 6.07) is 21.1. The number of ketones is 1. The second-order valence-corrected chi connectivity index (χ2v) is 8.92. The highest BCUT2D eigenvalue weighted by atomic mass is 16.5. The summed E-state index contributed by atoms with van der Waals surface area (Å²) in [5, 5.41) is 4.57. The number of rotatable bonds is 5. The van der Waals surface area contributed by atoms with Crippen molar-refractivity contribution in [3.63, 3.8) is 0 Å². The number of piperidine rings is 1. The van der Waals surface area contributed by atoms with Crippen LogP contribution in [0.25, 0.3) is 5.69 Å². The van der Waals surface area contributed by atoms with Crippen molar-refractivity contribution in [2.24, 2.45) is 5.92 Å². The van der Waals surface area contributed by atoms with Crippen molar-refractivity contribution < 1.29 is 9.53 Å². The van der Waals surface area contributed by atoms with Crippen molar-refractivity contribution in [3.05, 3.63) is 83.2 Å². The maximum atomic E-state index is 13.5. The summed E-state index contributed by atoms with van der Waals surface area (Å²) in [4.78, 5) is 16.0. The molecule has 2 atom stereocenters. The molecule has 160 valence electrons. The Morgan fingerprint density at radius 3 is 2.42 bits per heavy atom. The van der Waals surface area contributed by atoms with E-state index in [0.29, 0.717) is 25.3 Å². The van der Waals surface area contributed by atoms with Gasteiger partial charge < -0.3 is 4.74 Å². The number of hydrogen-bond acceptors (Lipinski definition) is 4. The van der Waals surface area contributed by atoms with Crippen molar-refractivity contribution in [1.29, 1.82) is 0 Å². The summed E-state index contributed by atoms with van der Waals surface area (Å²) in [5.74, 6) is 0.293. The molecule has 3 aromatic rings. The topological polar surface area (TPSA) is 47.4 Å². The van der Waals surface area contributed by atoms with Crippen LogP contribution in [0.15, 0.2) is 60.7 Å². The highest BCUT2D eigenvalue weighted by Gasteiger charge is 2.41. The minimum atomic E-state index is 0.0432. The summed E-state index contributed by atoms with van der Waals surface area (Å²) in [6.45, 7) is 6.37. The molecule has 3 heterocycles. The first-order chi connectivity index (χ1) is 15.1. The molecule has 1 aromatic heterocycles. The van der Waals surface area contributed by atoms with Crippen LogP contribution in [0.1, 0.15) is 40.2 Å². The second kappa shape index (κ2) is 8.40. The summed E-state index contributed by atoms with van der Waals surface area (Å²) in [6.07, 6.45) is 1.71. The average Bonchev–Trinajstić information content (AvgIpc) is 3.12. The van der Waals surface area contributed by atoms with Crippen LogP contribution >= 0.6 is 0 Å². The first-order valence-corrected chi connectivity index (χ1v) is 11.1. The molecule has 0 saturated carbocycles. The minimum absolute atomic E-state index is 0.0432. The number of carbonyl (C=O) groups excluding carboxylic acids is 1. The van der Waals surface area contributed by atoms with Gasteiger partial charge in [0.05, 0.1) is 24.6 Å². The first kappa shape index (κ1) is 20.2. The van der Waals surface area contributed by atoms with E-state index < -0.39 is 0 Å². The normalized spacial score (nSPS) is 23.6. The van der Waals surface area contributed by atoms with Crippen molar-refractivity contribution in [1.82, 2.24) is 14.7 Å². The number of aromatic nitrogens is 2. The Morgan fingerprint density at radius 1 is 1.00 bits per heavy atom. The second-order valence-electron chi connectivity index (χ2n) is 8.92. The molecule has 0 radical (unpaired) electrons. The first-order valence-electron chi connectivity index (χ1n) is 11.1. The summed E-state index contributed by atoms with van der Waals surface area (Å²) < 4.78 is 7.78. The molecule has 2 bridgehead atoms. The highest BCUT2D eigenvalue weighted by Crippen LogP contribution is 2.35. The molecule has 0 aliphatic carbocycles. The molecule has 5 nitrogen and oxygen atoms in total. The van der Waals surface area contributed by atoms with Crippen LogP contribution in [0, 0.1) is 19.8 Å². The zero-order chi connectivity index (χ0) is 21.4. The Kier molecular flexibility index (Phi) is 5.47. The van der Waals surface area contributed by atoms with Gasteiger partial charge in [-0.25, -0.2) is 4.68 Å². The smallest absolute Gasteiger partial charge is 0.166 e. The van der Waals surface area contributed by atoms with Gasteiger partial charge in [0, 0.05) is 35.8 Å². The Balaban J connectivity index is 1.34. The lowest BCUT2D eigenvalue weighted by molar-refractivity contribution is -0.0872. The molecule has 31 heavy (non-hydrogen) atoms. The number of aryl methyl sites for hydroxylation is 2. The zero-order valence-corrected chi connectivity index (χ0v) is 18.2. The molecular weight excluding hydrogens is 386 g/mol. The SMILES string of the molecule is Cc1cc(C)n(-c2cccc(C(=O)C3CC4COCC(C3)N4Cc3ccccc3)c2)n1. The molecule has 0 amide bonds. The predicted octanol–water partition coefficient (Wildman–Crippen LogP) is 4.35. The van der Waals surface area contributed by atoms with Gasteiger partial charge in [-0.05, 0) is 50.5 Å². The van der Waals surface area contributed by atoms with Crippen LogP contribution in [-0.4, -0.2) is 45.8 Å². The summed E-state index contributed by atoms with van der Waals surface area (Å²) in [5.41, 5.74) is 5.10. The largest absolute Gasteiger partial charge is 0.378 e. The van der Waals surface area contributed by atoms with Crippen molar-refractivity contribution >= 4 is 5.78 Å². The zero-order valence-electron chi connectivity index (χ0n) is 18.2. The van der Waals surface area contributed by atoms with Crippen LogP contribution in [0.4, 0.5) is 0 Å². The third-order valence-corrected chi connectivity index (χ3v) is 6.64. The number of nitrogens with zero attached hydrogens (tertiary/aromatic N) is 3. The number of fused-ring (bicyclic) bond motifs is 2. The van der Waals surface area contributed by atoms with Crippen LogP contribution in [0.5, 0.6) is 0 Å². The Morgan fingerprint density at radius 2 is 1.74 bits per heavy atom. The molecule has 2 aliphatic heterocycles. The van der Waals surface area contributed by atoms with Crippen molar-refractivity contribution in [2.45, 2.75) is 45.3 Å². The molecule has 2 aromatic carbocycles. The number of carbonyl (C=O) groups is 1. The van der Waals surface area contributed by atoms with Crippen molar-refractivity contribution in [2.75, 3.05) is 13.2 Å². The van der Waals surface area contributed by atoms with E-state index in [1.165, 1.54) is 5.56 Å². The molecule has 5 heteroatoms. The summed E-state index contributed by atoms with van der Waals surface area (Å²) >= 11 is 0. The molecule has 2 unspecified atom stereocenters. The highest BCUT2D eigenvalue weighted by molar-refractivity contribution is 5.98. The average molecular weight is 416 g/mol. The standard InChI is InChI=1S/C26H29N3O2/c1-18-11-19(2)29(27-18)23-10-6-9-21(12-23)26(30)22-13-24-16-31-17-25(14-22)28(24)15-20-7-4-3-5-8-20/h3-12,22,24-25H,13-17H2,1-2H3. The molecule has 0 N–H and O–H groups in total. The fourth-order valence-corrected chi connectivity index (χ4v) is 5.17. The van der Waals surface area contributed by atoms with Gasteiger partial charge in [-0.1, -0.05) is 42.5 Å². The fraction of sp³-hybridized carbons (Fsp3) is 0.385. The third-order valence-electron chi connectivity index (χ3n) is 6.64. The number of hydrogen-bond donors (Lipinski definition) is 0. The maximum Gasteiger partial charge on any atom is 0.166 e. The van der Waals surface area contributed by atoms with Crippen LogP contribution in [-0.2, 0) is 11.3 Å². The molecule has 0 spiro atoms. The Labute approximate surface area is 183 Å². The van der Waals surface area contributed by atoms with E-state index in [0.717, 1.165) is 42.0 Å². The number of Topliss-reactive ketones (excluding diaryl/α,β-unsaturated/α-hetero) is 1. The monoisotopic (exact) mass is 415 g/mol. The lowest BCUT2D eigenvalue weighted by atomic mass is 9.80. The van der Waals surface area contributed by atoms with Crippen LogP contribution in [0.3, 0.4) is 0 Å². The van der Waals surface area contributed by atoms with Gasteiger partial charge in [0.2, 0.25) is 0 Å². The number of ether oxygens (including phenoxy) is 1. The van der Waals surface area contributed by atoms with Gasteiger partial charge >= 0.3 is 0 Å². The third kappa shape index (κ3) is 4.08. The van der Waals surface area contributed by atoms with Crippen molar-refractivity contribution in [3.8, 4) is 5.69 Å². The number of benzene rings is 2. The van der Waals surface area contributed by atoms with Crippen LogP contribution < -0.4 is 0 Å². The maximum absolute atomic E-state index is 13.5. The predicted molar refractivity (Wildman–Crippen MR) is 120 cm³/mol. The van der Waals surface area contributed by atoms with E-state index in [4.69, 9.17) is 4.74 Å². The lowest BCUT2D eigenvalue weighted by Crippen LogP contribution is -2.57.